The maximum atomic E-state index is 12.4. The maximum absolute atomic E-state index is 12.4. The number of carbonyl (C=O) groups is 1. The molecule has 0 atom stereocenters. The second-order valence-electron chi connectivity index (χ2n) is 5.35. The lowest BCUT2D eigenvalue weighted by atomic mass is 10.1. The third kappa shape index (κ3) is 4.22. The van der Waals surface area contributed by atoms with Crippen LogP contribution in [0.1, 0.15) is 11.1 Å². The average Bonchev–Trinajstić information content (AvgIpc) is 3.03. The van der Waals surface area contributed by atoms with Crippen LogP contribution in [0.25, 0.3) is 6.08 Å². The number of rotatable bonds is 6. The highest BCUT2D eigenvalue weighted by molar-refractivity contribution is 6.12. The van der Waals surface area contributed by atoms with Gasteiger partial charge in [-0.25, -0.2) is 9.79 Å². The Morgan fingerprint density at radius 3 is 2.41 bits per heavy atom. The van der Waals surface area contributed by atoms with Gasteiger partial charge in [-0.1, -0.05) is 6.07 Å². The van der Waals surface area contributed by atoms with Crippen LogP contribution in [-0.2, 0) is 9.53 Å². The van der Waals surface area contributed by atoms with Crippen molar-refractivity contribution in [2.24, 2.45) is 4.99 Å². The molecule has 8 heteroatoms. The van der Waals surface area contributed by atoms with E-state index in [4.69, 9.17) is 14.2 Å². The van der Waals surface area contributed by atoms with Gasteiger partial charge in [0, 0.05) is 5.56 Å². The number of hydrogen-bond donors (Lipinski definition) is 0. The summed E-state index contributed by atoms with van der Waals surface area (Å²) in [6, 6.07) is 11.2. The fourth-order valence-corrected chi connectivity index (χ4v) is 2.39. The van der Waals surface area contributed by atoms with Gasteiger partial charge >= 0.3 is 12.6 Å². The number of alkyl halides is 2. The molecule has 0 aliphatic carbocycles. The molecule has 0 saturated heterocycles. The largest absolute Gasteiger partial charge is 0.497 e. The molecule has 0 spiro atoms. The number of carbonyl (C=O) groups excluding carboxylic acids is 1. The number of cyclic esters (lactones) is 1. The van der Waals surface area contributed by atoms with Gasteiger partial charge in [-0.3, -0.25) is 0 Å². The molecule has 2 aromatic carbocycles. The first-order chi connectivity index (χ1) is 13.0. The molecular weight excluding hydrogens is 360 g/mol. The summed E-state index contributed by atoms with van der Waals surface area (Å²) in [5.41, 5.74) is 1.20. The van der Waals surface area contributed by atoms with Crippen LogP contribution in [0.3, 0.4) is 0 Å². The van der Waals surface area contributed by atoms with Gasteiger partial charge in [0.25, 0.3) is 0 Å². The van der Waals surface area contributed by atoms with E-state index in [9.17, 15) is 13.6 Å². The summed E-state index contributed by atoms with van der Waals surface area (Å²) in [4.78, 5) is 16.3. The summed E-state index contributed by atoms with van der Waals surface area (Å²) in [7, 11) is 2.88. The lowest BCUT2D eigenvalue weighted by Crippen LogP contribution is -2.05. The third-order valence-corrected chi connectivity index (χ3v) is 3.66. The monoisotopic (exact) mass is 375 g/mol. The van der Waals surface area contributed by atoms with E-state index in [1.54, 1.807) is 31.4 Å². The van der Waals surface area contributed by atoms with Crippen molar-refractivity contribution in [3.05, 3.63) is 59.3 Å². The molecule has 6 nitrogen and oxygen atoms in total. The van der Waals surface area contributed by atoms with E-state index in [1.165, 1.54) is 31.4 Å². The van der Waals surface area contributed by atoms with Crippen molar-refractivity contribution in [1.29, 1.82) is 0 Å². The van der Waals surface area contributed by atoms with Gasteiger partial charge < -0.3 is 18.9 Å². The van der Waals surface area contributed by atoms with Gasteiger partial charge in [0.15, 0.2) is 17.2 Å². The minimum atomic E-state index is -2.97. The molecule has 1 aliphatic rings. The number of nitrogens with zero attached hydrogens (tertiary/aromatic N) is 1. The van der Waals surface area contributed by atoms with Crippen molar-refractivity contribution in [3.8, 4) is 17.2 Å². The van der Waals surface area contributed by atoms with E-state index in [0.717, 1.165) is 0 Å². The van der Waals surface area contributed by atoms with Crippen molar-refractivity contribution in [3.63, 3.8) is 0 Å². The Bertz CT molecular complexity index is 907. The van der Waals surface area contributed by atoms with E-state index in [1.807, 2.05) is 0 Å². The lowest BCUT2D eigenvalue weighted by Gasteiger charge is -2.10. The number of aliphatic imine (C=N–C) groups is 1. The number of esters is 1. The molecule has 3 rings (SSSR count). The summed E-state index contributed by atoms with van der Waals surface area (Å²) in [6.07, 6.45) is 1.47. The number of methoxy groups -OCH3 is 2. The molecule has 0 amide bonds. The zero-order chi connectivity index (χ0) is 19.4. The second-order valence-corrected chi connectivity index (χ2v) is 5.35. The van der Waals surface area contributed by atoms with Crippen LogP contribution in [0.5, 0.6) is 17.2 Å². The number of benzene rings is 2. The van der Waals surface area contributed by atoms with Crippen molar-refractivity contribution >= 4 is 17.9 Å². The van der Waals surface area contributed by atoms with Crippen LogP contribution in [0.4, 0.5) is 8.78 Å². The average molecular weight is 375 g/mol. The van der Waals surface area contributed by atoms with Crippen molar-refractivity contribution in [2.45, 2.75) is 6.61 Å². The zero-order valence-electron chi connectivity index (χ0n) is 14.4. The van der Waals surface area contributed by atoms with E-state index in [0.29, 0.717) is 16.9 Å². The summed E-state index contributed by atoms with van der Waals surface area (Å²) >= 11 is 0. The molecular formula is C19H15F2NO5. The molecule has 0 aromatic heterocycles. The van der Waals surface area contributed by atoms with Gasteiger partial charge in [0.05, 0.1) is 14.2 Å². The molecule has 1 heterocycles. The van der Waals surface area contributed by atoms with Crippen molar-refractivity contribution in [2.75, 3.05) is 14.2 Å². The molecule has 2 aromatic rings. The fraction of sp³-hybridized carbons (Fsp3) is 0.158. The Labute approximate surface area is 153 Å². The maximum Gasteiger partial charge on any atom is 0.387 e. The normalized spacial score (nSPS) is 14.9. The van der Waals surface area contributed by atoms with E-state index < -0.39 is 12.6 Å². The summed E-state index contributed by atoms with van der Waals surface area (Å²) in [6.45, 7) is -2.97. The van der Waals surface area contributed by atoms with Gasteiger partial charge in [-0.05, 0) is 48.0 Å². The number of hydrogen-bond acceptors (Lipinski definition) is 6. The van der Waals surface area contributed by atoms with Gasteiger partial charge in [0.2, 0.25) is 5.90 Å². The number of halogens is 2. The first-order valence-electron chi connectivity index (χ1n) is 7.80. The first-order valence-corrected chi connectivity index (χ1v) is 7.80. The van der Waals surface area contributed by atoms with Crippen LogP contribution in [0.2, 0.25) is 0 Å². The Morgan fingerprint density at radius 1 is 1.04 bits per heavy atom. The fourth-order valence-electron chi connectivity index (χ4n) is 2.39. The molecule has 0 radical (unpaired) electrons. The van der Waals surface area contributed by atoms with Crippen LogP contribution >= 0.6 is 0 Å². The molecule has 1 aliphatic heterocycles. The molecule has 0 unspecified atom stereocenters. The molecule has 0 fully saturated rings. The highest BCUT2D eigenvalue weighted by Gasteiger charge is 2.24. The molecule has 27 heavy (non-hydrogen) atoms. The van der Waals surface area contributed by atoms with Gasteiger partial charge in [-0.15, -0.1) is 0 Å². The van der Waals surface area contributed by atoms with Crippen LogP contribution < -0.4 is 14.2 Å². The van der Waals surface area contributed by atoms with Crippen molar-refractivity contribution in [1.82, 2.24) is 0 Å². The Morgan fingerprint density at radius 2 is 1.78 bits per heavy atom. The summed E-state index contributed by atoms with van der Waals surface area (Å²) in [5, 5.41) is 0. The molecule has 140 valence electrons. The number of ether oxygens (including phenoxy) is 4. The topological polar surface area (TPSA) is 66.3 Å². The van der Waals surface area contributed by atoms with Crippen LogP contribution in [-0.4, -0.2) is 32.7 Å². The quantitative estimate of drug-likeness (QED) is 0.570. The summed E-state index contributed by atoms with van der Waals surface area (Å²) in [5.74, 6) is 0.213. The minimum absolute atomic E-state index is 0.0744. The molecule has 0 bridgehead atoms. The molecule has 0 saturated carbocycles. The zero-order valence-corrected chi connectivity index (χ0v) is 14.4. The standard InChI is InChI=1S/C19H15F2NO5/c1-24-13-6-4-12(5-7-13)17-22-14(18(23)27-17)9-11-3-8-15(26-19(20)21)16(10-11)25-2/h3-10,19H,1-2H3/b14-9+. The van der Waals surface area contributed by atoms with Crippen LogP contribution in [0.15, 0.2) is 53.2 Å². The smallest absolute Gasteiger partial charge is 0.387 e. The predicted molar refractivity (Wildman–Crippen MR) is 93.2 cm³/mol. The van der Waals surface area contributed by atoms with Gasteiger partial charge in [-0.2, -0.15) is 8.78 Å². The summed E-state index contributed by atoms with van der Waals surface area (Å²) < 4.78 is 44.5. The van der Waals surface area contributed by atoms with Crippen molar-refractivity contribution < 1.29 is 32.5 Å². The minimum Gasteiger partial charge on any atom is -0.497 e. The predicted octanol–water partition coefficient (Wildman–Crippen LogP) is 3.65. The van der Waals surface area contributed by atoms with E-state index in [2.05, 4.69) is 9.73 Å². The SMILES string of the molecule is COc1ccc(C2=N/C(=C/c3ccc(OC(F)F)c(OC)c3)C(=O)O2)cc1. The van der Waals surface area contributed by atoms with Gasteiger partial charge in [0.1, 0.15) is 5.75 Å². The Balaban J connectivity index is 1.87. The molecule has 0 N–H and O–H groups in total. The third-order valence-electron chi connectivity index (χ3n) is 3.66. The van der Waals surface area contributed by atoms with E-state index >= 15 is 0 Å². The lowest BCUT2D eigenvalue weighted by molar-refractivity contribution is -0.129. The highest BCUT2D eigenvalue weighted by Crippen LogP contribution is 2.31. The Kier molecular flexibility index (Phi) is 5.35. The van der Waals surface area contributed by atoms with E-state index in [-0.39, 0.29) is 23.1 Å². The second kappa shape index (κ2) is 7.86. The first kappa shape index (κ1) is 18.4. The highest BCUT2D eigenvalue weighted by atomic mass is 19.3. The van der Waals surface area contributed by atoms with Crippen LogP contribution in [0, 0.1) is 0 Å². The Hall–Kier alpha value is -3.42.